The Bertz CT molecular complexity index is 166. The average molecular weight is 206 g/mol. The molecule has 0 rings (SSSR count). The fourth-order valence-electron chi connectivity index (χ4n) is 0.584. The molecule has 0 heterocycles. The molecule has 0 saturated carbocycles. The molecule has 0 aromatic rings. The van der Waals surface area contributed by atoms with E-state index in [0.29, 0.717) is 25.5 Å². The molecule has 0 radical (unpaired) electrons. The van der Waals surface area contributed by atoms with Crippen LogP contribution in [-0.2, 0) is 9.53 Å². The van der Waals surface area contributed by atoms with Gasteiger partial charge < -0.3 is 4.74 Å². The fraction of sp³-hybridized carbons (Fsp3) is 0.857. The number of ether oxygens (including phenoxy) is 1. The van der Waals surface area contributed by atoms with E-state index in [2.05, 4.69) is 5.29 Å². The quantitative estimate of drug-likeness (QED) is 0.352. The first kappa shape index (κ1) is 12.4. The molecule has 0 aliphatic carbocycles. The topological polar surface area (TPSA) is 59.0 Å². The number of carbonyl (C=O) groups excluding carboxylic acids is 1. The van der Waals surface area contributed by atoms with Gasteiger partial charge in [-0.1, -0.05) is 11.8 Å². The average Bonchev–Trinajstić information content (AvgIpc) is 2.10. The second-order valence-electron chi connectivity index (χ2n) is 2.42. The molecule has 6 heteroatoms. The predicted octanol–water partition coefficient (Wildman–Crippen LogP) is 0.896. The van der Waals surface area contributed by atoms with Gasteiger partial charge in [-0.2, -0.15) is 0 Å². The molecule has 0 spiro atoms. The number of thioether (sulfide) groups is 1. The number of nitrogens with zero attached hydrogens (tertiary/aromatic N) is 2. The van der Waals surface area contributed by atoms with E-state index in [1.807, 2.05) is 0 Å². The number of hydrogen-bond acceptors (Lipinski definition) is 5. The van der Waals surface area contributed by atoms with Crippen LogP contribution in [-0.4, -0.2) is 42.7 Å². The van der Waals surface area contributed by atoms with E-state index in [1.54, 1.807) is 7.05 Å². The highest BCUT2D eigenvalue weighted by atomic mass is 32.2. The summed E-state index contributed by atoms with van der Waals surface area (Å²) in [4.78, 5) is 20.4. The van der Waals surface area contributed by atoms with Gasteiger partial charge in [0.15, 0.2) is 5.12 Å². The summed E-state index contributed by atoms with van der Waals surface area (Å²) in [6.07, 6.45) is 0. The first-order chi connectivity index (χ1) is 6.16. The van der Waals surface area contributed by atoms with Crippen molar-refractivity contribution >= 4 is 16.9 Å². The molecule has 0 aliphatic heterocycles. The molecule has 0 unspecified atom stereocenters. The monoisotopic (exact) mass is 206 g/mol. The number of likely N-dealkylation sites (N-methyl/N-ethyl adjacent to an activating group) is 1. The highest BCUT2D eigenvalue weighted by Gasteiger charge is 1.96. The van der Waals surface area contributed by atoms with Crippen LogP contribution in [0.4, 0.5) is 0 Å². The first-order valence-corrected chi connectivity index (χ1v) is 4.91. The minimum Gasteiger partial charge on any atom is -0.379 e. The van der Waals surface area contributed by atoms with Gasteiger partial charge in [-0.3, -0.25) is 9.80 Å². The van der Waals surface area contributed by atoms with E-state index in [9.17, 15) is 9.70 Å². The second kappa shape index (κ2) is 8.00. The van der Waals surface area contributed by atoms with Gasteiger partial charge in [0.1, 0.15) is 0 Å². The van der Waals surface area contributed by atoms with Gasteiger partial charge in [-0.05, 0) is 0 Å². The van der Waals surface area contributed by atoms with Crippen LogP contribution in [0, 0.1) is 4.91 Å². The van der Waals surface area contributed by atoms with Crippen molar-refractivity contribution in [2.24, 2.45) is 5.29 Å². The summed E-state index contributed by atoms with van der Waals surface area (Å²) >= 11 is 1.23. The molecule has 0 aromatic heterocycles. The van der Waals surface area contributed by atoms with Crippen LogP contribution in [0.3, 0.4) is 0 Å². The Hall–Kier alpha value is -0.620. The summed E-state index contributed by atoms with van der Waals surface area (Å²) in [5.74, 6) is 0.660. The summed E-state index contributed by atoms with van der Waals surface area (Å²) in [6, 6.07) is 0. The van der Waals surface area contributed by atoms with Crippen LogP contribution in [0.15, 0.2) is 5.29 Å². The molecule has 0 amide bonds. The highest BCUT2D eigenvalue weighted by molar-refractivity contribution is 8.13. The van der Waals surface area contributed by atoms with E-state index in [4.69, 9.17) is 4.74 Å². The maximum Gasteiger partial charge on any atom is 0.185 e. The Morgan fingerprint density at radius 2 is 2.23 bits per heavy atom. The van der Waals surface area contributed by atoms with E-state index < -0.39 is 0 Å². The third kappa shape index (κ3) is 9.29. The molecule has 0 bridgehead atoms. The number of hydrogen-bond donors (Lipinski definition) is 0. The predicted molar refractivity (Wildman–Crippen MR) is 52.4 cm³/mol. The van der Waals surface area contributed by atoms with Gasteiger partial charge in [0.2, 0.25) is 0 Å². The van der Waals surface area contributed by atoms with Crippen LogP contribution in [0.25, 0.3) is 0 Å². The van der Waals surface area contributed by atoms with Crippen molar-refractivity contribution in [2.75, 3.05) is 32.6 Å². The van der Waals surface area contributed by atoms with E-state index in [-0.39, 0.29) is 5.12 Å². The van der Waals surface area contributed by atoms with Crippen LogP contribution < -0.4 is 0 Å². The Labute approximate surface area is 81.8 Å². The summed E-state index contributed by atoms with van der Waals surface area (Å²) < 4.78 is 5.14. The SMILES string of the molecule is CC(=O)SCCOCCN(C)N=O. The maximum atomic E-state index is 10.5. The van der Waals surface area contributed by atoms with Crippen molar-refractivity contribution in [1.82, 2.24) is 5.01 Å². The van der Waals surface area contributed by atoms with Gasteiger partial charge in [-0.25, -0.2) is 0 Å². The van der Waals surface area contributed by atoms with E-state index >= 15 is 0 Å². The molecule has 13 heavy (non-hydrogen) atoms. The van der Waals surface area contributed by atoms with Crippen LogP contribution in [0.1, 0.15) is 6.92 Å². The molecule has 0 aliphatic rings. The van der Waals surface area contributed by atoms with Crippen molar-refractivity contribution in [1.29, 1.82) is 0 Å². The lowest BCUT2D eigenvalue weighted by Gasteiger charge is -2.07. The van der Waals surface area contributed by atoms with Gasteiger partial charge >= 0.3 is 0 Å². The Balaban J connectivity index is 3.08. The molecule has 76 valence electrons. The van der Waals surface area contributed by atoms with Crippen molar-refractivity contribution in [3.8, 4) is 0 Å². The van der Waals surface area contributed by atoms with Crippen LogP contribution in [0.2, 0.25) is 0 Å². The lowest BCUT2D eigenvalue weighted by atomic mass is 10.7. The van der Waals surface area contributed by atoms with Crippen LogP contribution in [0.5, 0.6) is 0 Å². The van der Waals surface area contributed by atoms with Crippen molar-refractivity contribution in [3.63, 3.8) is 0 Å². The number of rotatable bonds is 7. The summed E-state index contributed by atoms with van der Waals surface area (Å²) in [5, 5.41) is 4.03. The van der Waals surface area contributed by atoms with E-state index in [0.717, 1.165) is 0 Å². The zero-order valence-corrected chi connectivity index (χ0v) is 8.67. The molecule has 5 nitrogen and oxygen atoms in total. The van der Waals surface area contributed by atoms with Crippen molar-refractivity contribution in [2.45, 2.75) is 6.92 Å². The highest BCUT2D eigenvalue weighted by Crippen LogP contribution is 1.99. The van der Waals surface area contributed by atoms with Gasteiger partial charge in [-0.15, -0.1) is 4.91 Å². The number of nitroso groups, excluding NO2 is 1. The maximum absolute atomic E-state index is 10.5. The molecule has 0 aromatic carbocycles. The van der Waals surface area contributed by atoms with E-state index in [1.165, 1.54) is 23.7 Å². The second-order valence-corrected chi connectivity index (χ2v) is 3.69. The zero-order valence-electron chi connectivity index (χ0n) is 7.86. The third-order valence-corrected chi connectivity index (χ3v) is 2.01. The largest absolute Gasteiger partial charge is 0.379 e. The minimum atomic E-state index is 0.0928. The van der Waals surface area contributed by atoms with Crippen LogP contribution >= 0.6 is 11.8 Å². The lowest BCUT2D eigenvalue weighted by Crippen LogP contribution is -2.17. The van der Waals surface area contributed by atoms with Gasteiger partial charge in [0.05, 0.1) is 25.0 Å². The Morgan fingerprint density at radius 1 is 1.54 bits per heavy atom. The zero-order chi connectivity index (χ0) is 10.1. The summed E-state index contributed by atoms with van der Waals surface area (Å²) in [6.45, 7) is 2.99. The number of carbonyl (C=O) groups is 1. The minimum absolute atomic E-state index is 0.0928. The molecule has 0 atom stereocenters. The molecule has 0 N–H and O–H groups in total. The summed E-state index contributed by atoms with van der Waals surface area (Å²) in [7, 11) is 1.58. The van der Waals surface area contributed by atoms with Gasteiger partial charge in [0, 0.05) is 19.7 Å². The molecule has 0 fully saturated rings. The Kier molecular flexibility index (Phi) is 7.62. The fourth-order valence-corrected chi connectivity index (χ4v) is 1.07. The normalized spacial score (nSPS) is 9.69. The standard InChI is InChI=1S/C7H14N2O3S/c1-7(10)13-6-5-12-4-3-9(2)8-11/h3-6H2,1-2H3. The molecule has 0 saturated heterocycles. The summed E-state index contributed by atoms with van der Waals surface area (Å²) in [5.41, 5.74) is 0. The van der Waals surface area contributed by atoms with Crippen molar-refractivity contribution in [3.05, 3.63) is 4.91 Å². The Morgan fingerprint density at radius 3 is 2.77 bits per heavy atom. The third-order valence-electron chi connectivity index (χ3n) is 1.23. The van der Waals surface area contributed by atoms with Crippen molar-refractivity contribution < 1.29 is 9.53 Å². The first-order valence-electron chi connectivity index (χ1n) is 3.92. The van der Waals surface area contributed by atoms with Gasteiger partial charge in [0.25, 0.3) is 0 Å². The smallest absolute Gasteiger partial charge is 0.185 e. The lowest BCUT2D eigenvalue weighted by molar-refractivity contribution is -0.109. The molecular formula is C7H14N2O3S. The molecular weight excluding hydrogens is 192 g/mol.